The van der Waals surface area contributed by atoms with E-state index in [1.807, 2.05) is 73.1 Å². The summed E-state index contributed by atoms with van der Waals surface area (Å²) in [5, 5.41) is 12.9. The van der Waals surface area contributed by atoms with Gasteiger partial charge < -0.3 is 14.9 Å². The lowest BCUT2D eigenvalue weighted by atomic mass is 9.86. The second kappa shape index (κ2) is 12.4. The summed E-state index contributed by atoms with van der Waals surface area (Å²) < 4.78 is 0. The molecule has 1 fully saturated rings. The lowest BCUT2D eigenvalue weighted by Gasteiger charge is -2.31. The predicted molar refractivity (Wildman–Crippen MR) is 161 cm³/mol. The number of pyridine rings is 1. The molecule has 200 valence electrons. The van der Waals surface area contributed by atoms with E-state index in [-0.39, 0.29) is 17.9 Å². The normalized spacial score (nSPS) is 17.3. The maximum absolute atomic E-state index is 13.8. The van der Waals surface area contributed by atoms with Gasteiger partial charge in [-0.1, -0.05) is 36.4 Å². The van der Waals surface area contributed by atoms with Crippen LogP contribution in [0.5, 0.6) is 0 Å². The average molecular weight is 539 g/mol. The Hall–Kier alpha value is -3.81. The summed E-state index contributed by atoms with van der Waals surface area (Å²) in [6.45, 7) is 0.435. The van der Waals surface area contributed by atoms with Crippen LogP contribution >= 0.6 is 11.3 Å². The highest BCUT2D eigenvalue weighted by Crippen LogP contribution is 2.30. The summed E-state index contributed by atoms with van der Waals surface area (Å²) >= 11 is 1.59. The minimum atomic E-state index is -0.301. The topological polar surface area (TPSA) is 69.6 Å². The molecule has 4 aromatic rings. The molecule has 0 saturated heterocycles. The standard InChI is InChI=1S/C32H34N4O2S/c1-35(2)27-12-8-25(9-13-27)30-16-6-24(21-34-30)22-36(32(38)26-10-14-29(37)15-11-26)28-5-3-4-23(20-28)7-17-31-33-18-19-39-31/h3-9,12-13,16-21,26,29,37H,10-11,14-15,22H2,1-2H3/b17-7+. The molecular formula is C32H34N4O2S. The van der Waals surface area contributed by atoms with Crippen molar-refractivity contribution in [3.63, 3.8) is 0 Å². The monoisotopic (exact) mass is 538 g/mol. The van der Waals surface area contributed by atoms with Crippen molar-refractivity contribution in [2.45, 2.75) is 38.3 Å². The molecule has 1 N–H and O–H groups in total. The Morgan fingerprint density at radius 3 is 2.44 bits per heavy atom. The number of thiazole rings is 1. The van der Waals surface area contributed by atoms with Gasteiger partial charge in [0.2, 0.25) is 5.91 Å². The van der Waals surface area contributed by atoms with E-state index in [2.05, 4.69) is 40.2 Å². The molecule has 6 nitrogen and oxygen atoms in total. The third-order valence-corrected chi connectivity index (χ3v) is 7.95. The smallest absolute Gasteiger partial charge is 0.230 e. The minimum Gasteiger partial charge on any atom is -0.393 e. The van der Waals surface area contributed by atoms with Crippen molar-refractivity contribution in [2.24, 2.45) is 5.92 Å². The molecule has 2 aromatic carbocycles. The van der Waals surface area contributed by atoms with Crippen LogP contribution in [0.15, 0.2) is 78.4 Å². The van der Waals surface area contributed by atoms with Gasteiger partial charge in [-0.05, 0) is 73.2 Å². The summed E-state index contributed by atoms with van der Waals surface area (Å²) in [6.07, 6.45) is 10.1. The quantitative estimate of drug-likeness (QED) is 0.276. The van der Waals surface area contributed by atoms with E-state index < -0.39 is 0 Å². The molecular weight excluding hydrogens is 504 g/mol. The van der Waals surface area contributed by atoms with Crippen molar-refractivity contribution in [1.29, 1.82) is 0 Å². The molecule has 1 saturated carbocycles. The Morgan fingerprint density at radius 2 is 1.77 bits per heavy atom. The number of carbonyl (C=O) groups is 1. The Kier molecular flexibility index (Phi) is 8.49. The molecule has 7 heteroatoms. The molecule has 1 amide bonds. The number of anilines is 2. The number of amides is 1. The molecule has 1 aliphatic rings. The van der Waals surface area contributed by atoms with Crippen LogP contribution in [0.25, 0.3) is 23.4 Å². The fourth-order valence-corrected chi connectivity index (χ4v) is 5.45. The second-order valence-electron chi connectivity index (χ2n) is 10.2. The number of hydrogen-bond acceptors (Lipinski definition) is 6. The summed E-state index contributed by atoms with van der Waals surface area (Å²) in [5.74, 6) is 0.0108. The SMILES string of the molecule is CN(C)c1ccc(-c2ccc(CN(C(=O)C3CCC(O)CC3)c3cccc(/C=C/c4nccs4)c3)cn2)cc1. The van der Waals surface area contributed by atoms with Crippen LogP contribution in [-0.4, -0.2) is 41.2 Å². The molecule has 0 aliphatic heterocycles. The summed E-state index contributed by atoms with van der Waals surface area (Å²) in [6, 6.07) is 20.5. The van der Waals surface area contributed by atoms with Gasteiger partial charge in [-0.3, -0.25) is 9.78 Å². The molecule has 0 atom stereocenters. The zero-order chi connectivity index (χ0) is 27.2. The Labute approximate surface area is 234 Å². The Bertz CT molecular complexity index is 1390. The van der Waals surface area contributed by atoms with Crippen LogP contribution in [0.3, 0.4) is 0 Å². The lowest BCUT2D eigenvalue weighted by molar-refractivity contribution is -0.124. The first-order valence-corrected chi connectivity index (χ1v) is 14.2. The van der Waals surface area contributed by atoms with Gasteiger partial charge in [0.15, 0.2) is 0 Å². The highest BCUT2D eigenvalue weighted by molar-refractivity contribution is 7.10. The number of aliphatic hydroxyl groups is 1. The van der Waals surface area contributed by atoms with E-state index in [1.54, 1.807) is 17.5 Å². The molecule has 1 aliphatic carbocycles. The van der Waals surface area contributed by atoms with Crippen molar-refractivity contribution in [1.82, 2.24) is 9.97 Å². The zero-order valence-electron chi connectivity index (χ0n) is 22.4. The molecule has 2 aromatic heterocycles. The van der Waals surface area contributed by atoms with Crippen LogP contribution in [0.2, 0.25) is 0 Å². The van der Waals surface area contributed by atoms with Gasteiger partial charge in [0, 0.05) is 54.7 Å². The number of rotatable bonds is 8. The third-order valence-electron chi connectivity index (χ3n) is 7.21. The molecule has 0 spiro atoms. The number of aromatic nitrogens is 2. The first-order chi connectivity index (χ1) is 19.0. The minimum absolute atomic E-state index is 0.0923. The largest absolute Gasteiger partial charge is 0.393 e. The molecule has 0 radical (unpaired) electrons. The third kappa shape index (κ3) is 6.80. The maximum atomic E-state index is 13.8. The number of aliphatic hydroxyl groups excluding tert-OH is 1. The van der Waals surface area contributed by atoms with Gasteiger partial charge in [0.25, 0.3) is 0 Å². The Morgan fingerprint density at radius 1 is 0.974 bits per heavy atom. The number of carbonyl (C=O) groups excluding carboxylic acids is 1. The van der Waals surface area contributed by atoms with Crippen LogP contribution in [0.1, 0.15) is 41.8 Å². The van der Waals surface area contributed by atoms with E-state index >= 15 is 0 Å². The Balaban J connectivity index is 1.39. The van der Waals surface area contributed by atoms with Crippen molar-refractivity contribution >= 4 is 40.8 Å². The van der Waals surface area contributed by atoms with Crippen LogP contribution in [0.4, 0.5) is 11.4 Å². The zero-order valence-corrected chi connectivity index (χ0v) is 23.2. The van der Waals surface area contributed by atoms with Gasteiger partial charge >= 0.3 is 0 Å². The van der Waals surface area contributed by atoms with Gasteiger partial charge in [-0.2, -0.15) is 0 Å². The van der Waals surface area contributed by atoms with E-state index in [1.165, 1.54) is 0 Å². The van der Waals surface area contributed by atoms with Gasteiger partial charge in [-0.25, -0.2) is 4.98 Å². The molecule has 39 heavy (non-hydrogen) atoms. The van der Waals surface area contributed by atoms with E-state index in [4.69, 9.17) is 4.98 Å². The predicted octanol–water partition coefficient (Wildman–Crippen LogP) is 6.53. The van der Waals surface area contributed by atoms with Gasteiger partial charge in [0.1, 0.15) is 5.01 Å². The van der Waals surface area contributed by atoms with Crippen molar-refractivity contribution in [3.05, 3.63) is 94.6 Å². The van der Waals surface area contributed by atoms with E-state index in [0.717, 1.165) is 38.8 Å². The first kappa shape index (κ1) is 26.8. The van der Waals surface area contributed by atoms with Crippen LogP contribution in [0, 0.1) is 5.92 Å². The number of benzene rings is 2. The molecule has 0 unspecified atom stereocenters. The highest BCUT2D eigenvalue weighted by Gasteiger charge is 2.29. The summed E-state index contributed by atoms with van der Waals surface area (Å²) in [5.41, 5.74) is 5.93. The van der Waals surface area contributed by atoms with E-state index in [9.17, 15) is 9.90 Å². The van der Waals surface area contributed by atoms with Gasteiger partial charge in [0.05, 0.1) is 18.3 Å². The molecule has 5 rings (SSSR count). The maximum Gasteiger partial charge on any atom is 0.230 e. The lowest BCUT2D eigenvalue weighted by Crippen LogP contribution is -2.38. The van der Waals surface area contributed by atoms with E-state index in [0.29, 0.717) is 32.2 Å². The highest BCUT2D eigenvalue weighted by atomic mass is 32.1. The first-order valence-electron chi connectivity index (χ1n) is 13.4. The average Bonchev–Trinajstić information content (AvgIpc) is 3.49. The van der Waals surface area contributed by atoms with Gasteiger partial charge in [-0.15, -0.1) is 11.3 Å². The summed E-state index contributed by atoms with van der Waals surface area (Å²) in [4.78, 5) is 26.8. The summed E-state index contributed by atoms with van der Waals surface area (Å²) in [7, 11) is 4.05. The number of hydrogen-bond donors (Lipinski definition) is 1. The second-order valence-corrected chi connectivity index (χ2v) is 11.1. The van der Waals surface area contributed by atoms with Crippen LogP contribution < -0.4 is 9.80 Å². The molecule has 0 bridgehead atoms. The van der Waals surface area contributed by atoms with Crippen molar-refractivity contribution in [3.8, 4) is 11.3 Å². The van der Waals surface area contributed by atoms with Crippen molar-refractivity contribution < 1.29 is 9.90 Å². The van der Waals surface area contributed by atoms with Crippen LogP contribution in [-0.2, 0) is 11.3 Å². The number of nitrogens with zero attached hydrogens (tertiary/aromatic N) is 4. The fourth-order valence-electron chi connectivity index (χ4n) is 4.92. The van der Waals surface area contributed by atoms with Crippen molar-refractivity contribution in [2.75, 3.05) is 23.9 Å². The molecule has 2 heterocycles. The fraction of sp³-hybridized carbons (Fsp3) is 0.281.